The zero-order valence-electron chi connectivity index (χ0n) is 18.4. The van der Waals surface area contributed by atoms with Crippen molar-refractivity contribution in [3.8, 4) is 11.6 Å². The minimum atomic E-state index is -4.02. The monoisotopic (exact) mass is 496 g/mol. The molecule has 4 aromatic rings. The fourth-order valence-electron chi connectivity index (χ4n) is 4.16. The summed E-state index contributed by atoms with van der Waals surface area (Å²) < 4.78 is 36.6. The van der Waals surface area contributed by atoms with Crippen molar-refractivity contribution in [1.29, 1.82) is 0 Å². The summed E-state index contributed by atoms with van der Waals surface area (Å²) in [7, 11) is -2.21. The number of hydrogen-bond donors (Lipinski definition) is 1. The Bertz CT molecular complexity index is 1580. The number of fused-ring (bicyclic) bond motifs is 2. The molecule has 0 aliphatic carbocycles. The molecule has 2 aromatic carbocycles. The van der Waals surface area contributed by atoms with Gasteiger partial charge in [-0.25, -0.2) is 13.1 Å². The Morgan fingerprint density at radius 3 is 2.85 bits per heavy atom. The van der Waals surface area contributed by atoms with E-state index in [-0.39, 0.29) is 4.90 Å². The van der Waals surface area contributed by atoms with E-state index in [1.165, 1.54) is 18.2 Å². The number of aryl methyl sites for hydroxylation is 2. The number of halogens is 1. The van der Waals surface area contributed by atoms with Gasteiger partial charge in [0, 0.05) is 41.7 Å². The lowest BCUT2D eigenvalue weighted by atomic mass is 10.2. The van der Waals surface area contributed by atoms with Crippen LogP contribution in [0.4, 0.5) is 0 Å². The minimum absolute atomic E-state index is 0.0224. The van der Waals surface area contributed by atoms with Crippen molar-refractivity contribution in [1.82, 2.24) is 19.1 Å². The van der Waals surface area contributed by atoms with Crippen molar-refractivity contribution in [2.24, 2.45) is 7.05 Å². The number of carbonyl (C=O) groups is 1. The summed E-state index contributed by atoms with van der Waals surface area (Å²) >= 11 is 6.11. The third kappa shape index (κ3) is 3.97. The molecule has 34 heavy (non-hydrogen) atoms. The Morgan fingerprint density at radius 1 is 1.21 bits per heavy atom. The average Bonchev–Trinajstić information content (AvgIpc) is 3.48. The molecule has 0 saturated carbocycles. The first-order chi connectivity index (χ1) is 16.2. The van der Waals surface area contributed by atoms with Gasteiger partial charge < -0.3 is 9.30 Å². The lowest BCUT2D eigenvalue weighted by Crippen LogP contribution is -2.29. The van der Waals surface area contributed by atoms with Crippen LogP contribution in [0.25, 0.3) is 22.8 Å². The van der Waals surface area contributed by atoms with E-state index in [1.807, 2.05) is 49.0 Å². The summed E-state index contributed by atoms with van der Waals surface area (Å²) in [4.78, 5) is 12.6. The molecule has 0 atom stereocenters. The molecule has 0 saturated heterocycles. The number of ether oxygens (including phenoxy) is 1. The van der Waals surface area contributed by atoms with E-state index in [0.29, 0.717) is 35.1 Å². The average molecular weight is 497 g/mol. The first-order valence-electron chi connectivity index (χ1n) is 10.5. The Kier molecular flexibility index (Phi) is 5.45. The third-order valence-electron chi connectivity index (χ3n) is 5.73. The summed E-state index contributed by atoms with van der Waals surface area (Å²) in [5.74, 6) is 0.653. The maximum atomic E-state index is 12.7. The highest BCUT2D eigenvalue weighted by molar-refractivity contribution is 7.90. The van der Waals surface area contributed by atoms with Crippen LogP contribution >= 0.6 is 11.6 Å². The summed E-state index contributed by atoms with van der Waals surface area (Å²) in [5.41, 5.74) is 3.12. The van der Waals surface area contributed by atoms with Crippen LogP contribution in [0.15, 0.2) is 59.6 Å². The lowest BCUT2D eigenvalue weighted by Gasteiger charge is -2.08. The first-order valence-corrected chi connectivity index (χ1v) is 12.4. The highest BCUT2D eigenvalue weighted by Crippen LogP contribution is 2.28. The van der Waals surface area contributed by atoms with Crippen LogP contribution in [-0.2, 0) is 28.3 Å². The van der Waals surface area contributed by atoms with Gasteiger partial charge >= 0.3 is 0 Å². The lowest BCUT2D eigenvalue weighted by molar-refractivity contribution is -0.114. The van der Waals surface area contributed by atoms with Crippen LogP contribution in [-0.4, -0.2) is 35.3 Å². The van der Waals surface area contributed by atoms with E-state index < -0.39 is 15.9 Å². The molecule has 0 spiro atoms. The van der Waals surface area contributed by atoms with Crippen LogP contribution in [0.2, 0.25) is 5.02 Å². The van der Waals surface area contributed by atoms with Crippen molar-refractivity contribution in [3.05, 3.63) is 76.6 Å². The van der Waals surface area contributed by atoms with Gasteiger partial charge in [0.2, 0.25) is 0 Å². The molecule has 0 fully saturated rings. The van der Waals surface area contributed by atoms with E-state index in [4.69, 9.17) is 16.3 Å². The molecule has 8 nitrogen and oxygen atoms in total. The van der Waals surface area contributed by atoms with Gasteiger partial charge in [-0.3, -0.25) is 9.48 Å². The Balaban J connectivity index is 1.43. The number of benzene rings is 2. The molecule has 1 amide bonds. The second kappa shape index (κ2) is 8.34. The molecule has 10 heteroatoms. The molecule has 3 heterocycles. The molecule has 0 bridgehead atoms. The van der Waals surface area contributed by atoms with Gasteiger partial charge in [-0.1, -0.05) is 11.6 Å². The number of carbonyl (C=O) groups excluding carboxylic acids is 1. The highest BCUT2D eigenvalue weighted by atomic mass is 35.5. The van der Waals surface area contributed by atoms with Crippen molar-refractivity contribution < 1.29 is 17.9 Å². The van der Waals surface area contributed by atoms with E-state index in [2.05, 4.69) is 9.82 Å². The first kappa shape index (κ1) is 22.2. The van der Waals surface area contributed by atoms with Gasteiger partial charge in [0.1, 0.15) is 11.6 Å². The number of sulfonamides is 1. The van der Waals surface area contributed by atoms with Gasteiger partial charge in [0.25, 0.3) is 15.9 Å². The van der Waals surface area contributed by atoms with E-state index in [1.54, 1.807) is 16.8 Å². The van der Waals surface area contributed by atoms with Crippen LogP contribution in [0.5, 0.6) is 5.75 Å². The summed E-state index contributed by atoms with van der Waals surface area (Å²) in [6.07, 6.45) is 5.30. The number of aromatic nitrogens is 3. The zero-order chi connectivity index (χ0) is 24.0. The Hall–Kier alpha value is -3.56. The second-order valence-corrected chi connectivity index (χ2v) is 10.1. The number of rotatable bonds is 5. The standard InChI is InChI=1S/C24H21ClN4O4S/c1-15-20(24(28(2)26-15)29-11-9-16-13-18(25)3-6-21(16)29)5-8-23(30)27-34(31,32)19-4-7-22-17(14-19)10-12-33-22/h3-9,11,13-14H,10,12H2,1-2H3,(H,27,30)/b8-5+. The smallest absolute Gasteiger partial charge is 0.264 e. The fraction of sp³-hybridized carbons (Fsp3) is 0.167. The van der Waals surface area contributed by atoms with Gasteiger partial charge in [0.05, 0.1) is 22.7 Å². The predicted octanol–water partition coefficient (Wildman–Crippen LogP) is 3.78. The number of nitrogens with one attached hydrogen (secondary N) is 1. The van der Waals surface area contributed by atoms with Crippen molar-refractivity contribution in [2.75, 3.05) is 6.61 Å². The van der Waals surface area contributed by atoms with Crippen molar-refractivity contribution in [3.63, 3.8) is 0 Å². The van der Waals surface area contributed by atoms with Gasteiger partial charge in [-0.2, -0.15) is 5.10 Å². The molecule has 0 unspecified atom stereocenters. The summed E-state index contributed by atoms with van der Waals surface area (Å²) in [5, 5.41) is 6.08. The maximum absolute atomic E-state index is 12.7. The molecule has 174 valence electrons. The van der Waals surface area contributed by atoms with Gasteiger partial charge in [-0.05, 0) is 61.0 Å². The largest absolute Gasteiger partial charge is 0.493 e. The molecule has 1 aliphatic heterocycles. The Labute approximate surface area is 201 Å². The third-order valence-corrected chi connectivity index (χ3v) is 7.30. The van der Waals surface area contributed by atoms with E-state index in [9.17, 15) is 13.2 Å². The predicted molar refractivity (Wildman–Crippen MR) is 130 cm³/mol. The van der Waals surface area contributed by atoms with Crippen LogP contribution in [0.1, 0.15) is 16.8 Å². The molecular formula is C24H21ClN4O4S. The molecular weight excluding hydrogens is 476 g/mol. The molecule has 0 radical (unpaired) electrons. The number of nitrogens with zero attached hydrogens (tertiary/aromatic N) is 3. The normalized spacial score (nSPS) is 13.4. The second-order valence-electron chi connectivity index (χ2n) is 8.01. The molecule has 5 rings (SSSR count). The summed E-state index contributed by atoms with van der Waals surface area (Å²) in [6, 6.07) is 12.1. The zero-order valence-corrected chi connectivity index (χ0v) is 20.0. The minimum Gasteiger partial charge on any atom is -0.493 e. The number of amides is 1. The molecule has 1 N–H and O–H groups in total. The fourth-order valence-corrected chi connectivity index (χ4v) is 5.33. The Morgan fingerprint density at radius 2 is 2.03 bits per heavy atom. The maximum Gasteiger partial charge on any atom is 0.264 e. The quantitative estimate of drug-likeness (QED) is 0.424. The van der Waals surface area contributed by atoms with Crippen molar-refractivity contribution in [2.45, 2.75) is 18.2 Å². The van der Waals surface area contributed by atoms with Crippen molar-refractivity contribution >= 4 is 44.5 Å². The molecule has 2 aromatic heterocycles. The molecule has 1 aliphatic rings. The SMILES string of the molecule is Cc1nn(C)c(-n2ccc3cc(Cl)ccc32)c1/C=C/C(=O)NS(=O)(=O)c1ccc2c(c1)CCO2. The van der Waals surface area contributed by atoms with Crippen LogP contribution < -0.4 is 9.46 Å². The summed E-state index contributed by atoms with van der Waals surface area (Å²) in [6.45, 7) is 2.34. The number of hydrogen-bond acceptors (Lipinski definition) is 5. The topological polar surface area (TPSA) is 95.2 Å². The van der Waals surface area contributed by atoms with E-state index >= 15 is 0 Å². The van der Waals surface area contributed by atoms with E-state index in [0.717, 1.165) is 22.3 Å². The van der Waals surface area contributed by atoms with Crippen LogP contribution in [0, 0.1) is 6.92 Å². The van der Waals surface area contributed by atoms with Crippen LogP contribution in [0.3, 0.4) is 0 Å². The highest BCUT2D eigenvalue weighted by Gasteiger charge is 2.21. The van der Waals surface area contributed by atoms with Gasteiger partial charge in [-0.15, -0.1) is 0 Å². The van der Waals surface area contributed by atoms with Gasteiger partial charge in [0.15, 0.2) is 0 Å².